The number of nitrogens with zero attached hydrogens (tertiary/aromatic N) is 1. The molecule has 1 atom stereocenters. The van der Waals surface area contributed by atoms with Gasteiger partial charge in [-0.25, -0.2) is 0 Å². The normalized spacial score (nSPS) is 12.9. The minimum Gasteiger partial charge on any atom is -0.253 e. The predicted octanol–water partition coefficient (Wildman–Crippen LogP) is 4.52. The van der Waals surface area contributed by atoms with Crippen LogP contribution in [0.15, 0.2) is 30.3 Å². The number of aryl methyl sites for hydroxylation is 2. The van der Waals surface area contributed by atoms with Gasteiger partial charge in [-0.1, -0.05) is 32.4 Å². The van der Waals surface area contributed by atoms with E-state index in [0.29, 0.717) is 0 Å². The molecule has 90 valence electrons. The highest BCUT2D eigenvalue weighted by atomic mass is 14.7. The van der Waals surface area contributed by atoms with Gasteiger partial charge in [0.25, 0.3) is 0 Å². The molecular weight excluding hydrogens is 206 g/mol. The Morgan fingerprint density at radius 1 is 1.18 bits per heavy atom. The zero-order valence-electron chi connectivity index (χ0n) is 11.0. The SMILES string of the molecule is CCC(C)CCc1ccc2nc(C)ccc2c1. The van der Waals surface area contributed by atoms with E-state index in [9.17, 15) is 0 Å². The van der Waals surface area contributed by atoms with Crippen molar-refractivity contribution in [3.8, 4) is 0 Å². The quantitative estimate of drug-likeness (QED) is 0.748. The monoisotopic (exact) mass is 227 g/mol. The number of hydrogen-bond acceptors (Lipinski definition) is 1. The zero-order chi connectivity index (χ0) is 12.3. The number of aromatic nitrogens is 1. The van der Waals surface area contributed by atoms with Gasteiger partial charge in [0.1, 0.15) is 0 Å². The van der Waals surface area contributed by atoms with Gasteiger partial charge in [-0.3, -0.25) is 4.98 Å². The van der Waals surface area contributed by atoms with Crippen molar-refractivity contribution in [3.05, 3.63) is 41.6 Å². The van der Waals surface area contributed by atoms with Gasteiger partial charge < -0.3 is 0 Å². The van der Waals surface area contributed by atoms with Crippen LogP contribution in [0.25, 0.3) is 10.9 Å². The average molecular weight is 227 g/mol. The van der Waals surface area contributed by atoms with Crippen LogP contribution in [-0.4, -0.2) is 4.98 Å². The van der Waals surface area contributed by atoms with Crippen LogP contribution in [0, 0.1) is 12.8 Å². The molecule has 0 N–H and O–H groups in total. The van der Waals surface area contributed by atoms with E-state index in [1.54, 1.807) is 0 Å². The van der Waals surface area contributed by atoms with Crippen molar-refractivity contribution in [1.82, 2.24) is 4.98 Å². The maximum absolute atomic E-state index is 4.53. The van der Waals surface area contributed by atoms with Crippen LogP contribution in [0.2, 0.25) is 0 Å². The summed E-state index contributed by atoms with van der Waals surface area (Å²) in [7, 11) is 0. The van der Waals surface area contributed by atoms with E-state index in [1.165, 1.54) is 30.2 Å². The highest BCUT2D eigenvalue weighted by Gasteiger charge is 2.02. The molecule has 0 aliphatic rings. The molecule has 17 heavy (non-hydrogen) atoms. The summed E-state index contributed by atoms with van der Waals surface area (Å²) in [6, 6.07) is 10.9. The third-order valence-corrected chi connectivity index (χ3v) is 3.52. The smallest absolute Gasteiger partial charge is 0.0705 e. The lowest BCUT2D eigenvalue weighted by Crippen LogP contribution is -1.95. The third-order valence-electron chi connectivity index (χ3n) is 3.52. The fraction of sp³-hybridized carbons (Fsp3) is 0.438. The first-order valence-corrected chi connectivity index (χ1v) is 6.55. The molecule has 1 heteroatoms. The van der Waals surface area contributed by atoms with Crippen molar-refractivity contribution in [2.75, 3.05) is 0 Å². The molecule has 0 amide bonds. The van der Waals surface area contributed by atoms with E-state index in [2.05, 4.69) is 49.2 Å². The first-order chi connectivity index (χ1) is 8.19. The topological polar surface area (TPSA) is 12.9 Å². The molecule has 0 aliphatic carbocycles. The molecule has 0 spiro atoms. The van der Waals surface area contributed by atoms with Gasteiger partial charge in [-0.05, 0) is 49.4 Å². The molecule has 1 aromatic heterocycles. The van der Waals surface area contributed by atoms with Crippen molar-refractivity contribution < 1.29 is 0 Å². The molecule has 2 rings (SSSR count). The largest absolute Gasteiger partial charge is 0.253 e. The molecule has 1 aromatic carbocycles. The standard InChI is InChI=1S/C16H21N/c1-4-12(2)5-7-14-8-10-16-15(11-14)9-6-13(3)17-16/h6,8-12H,4-5,7H2,1-3H3. The Balaban J connectivity index is 2.17. The fourth-order valence-corrected chi connectivity index (χ4v) is 2.05. The first kappa shape index (κ1) is 12.1. The molecule has 0 bridgehead atoms. The van der Waals surface area contributed by atoms with E-state index < -0.39 is 0 Å². The molecular formula is C16H21N. The van der Waals surface area contributed by atoms with Gasteiger partial charge in [0.15, 0.2) is 0 Å². The Hall–Kier alpha value is -1.37. The molecule has 0 radical (unpaired) electrons. The van der Waals surface area contributed by atoms with Crippen molar-refractivity contribution in [1.29, 1.82) is 0 Å². The lowest BCUT2D eigenvalue weighted by Gasteiger charge is -2.08. The number of benzene rings is 1. The van der Waals surface area contributed by atoms with Crippen LogP contribution in [0.3, 0.4) is 0 Å². The number of rotatable bonds is 4. The fourth-order valence-electron chi connectivity index (χ4n) is 2.05. The minimum absolute atomic E-state index is 0.821. The summed E-state index contributed by atoms with van der Waals surface area (Å²) in [6.07, 6.45) is 3.73. The Kier molecular flexibility index (Phi) is 3.78. The summed E-state index contributed by atoms with van der Waals surface area (Å²) in [5, 5.41) is 1.26. The minimum atomic E-state index is 0.821. The van der Waals surface area contributed by atoms with Gasteiger partial charge in [0, 0.05) is 11.1 Å². The highest BCUT2D eigenvalue weighted by molar-refractivity contribution is 5.79. The predicted molar refractivity (Wildman–Crippen MR) is 74.3 cm³/mol. The molecule has 0 fully saturated rings. The van der Waals surface area contributed by atoms with Crippen LogP contribution >= 0.6 is 0 Å². The molecule has 1 unspecified atom stereocenters. The van der Waals surface area contributed by atoms with Gasteiger partial charge >= 0.3 is 0 Å². The van der Waals surface area contributed by atoms with Crippen molar-refractivity contribution >= 4 is 10.9 Å². The van der Waals surface area contributed by atoms with Gasteiger partial charge in [0.2, 0.25) is 0 Å². The van der Waals surface area contributed by atoms with Gasteiger partial charge in [-0.15, -0.1) is 0 Å². The molecule has 1 nitrogen and oxygen atoms in total. The number of fused-ring (bicyclic) bond motifs is 1. The summed E-state index contributed by atoms with van der Waals surface area (Å²) in [5.41, 5.74) is 3.63. The summed E-state index contributed by atoms with van der Waals surface area (Å²) in [6.45, 7) is 6.62. The lowest BCUT2D eigenvalue weighted by molar-refractivity contribution is 0.517. The van der Waals surface area contributed by atoms with E-state index in [-0.39, 0.29) is 0 Å². The van der Waals surface area contributed by atoms with Crippen molar-refractivity contribution in [2.45, 2.75) is 40.0 Å². The van der Waals surface area contributed by atoms with E-state index >= 15 is 0 Å². The van der Waals surface area contributed by atoms with E-state index in [1.807, 2.05) is 6.92 Å². The Morgan fingerprint density at radius 2 is 2.00 bits per heavy atom. The van der Waals surface area contributed by atoms with Crippen LogP contribution in [-0.2, 0) is 6.42 Å². The lowest BCUT2D eigenvalue weighted by atomic mass is 9.98. The van der Waals surface area contributed by atoms with Crippen LogP contribution in [0.4, 0.5) is 0 Å². The van der Waals surface area contributed by atoms with Crippen LogP contribution in [0.5, 0.6) is 0 Å². The number of hydrogen-bond donors (Lipinski definition) is 0. The average Bonchev–Trinajstić information content (AvgIpc) is 2.35. The second-order valence-corrected chi connectivity index (χ2v) is 5.03. The van der Waals surface area contributed by atoms with Gasteiger partial charge in [-0.2, -0.15) is 0 Å². The summed E-state index contributed by atoms with van der Waals surface area (Å²) in [4.78, 5) is 4.53. The Morgan fingerprint density at radius 3 is 2.76 bits per heavy atom. The van der Waals surface area contributed by atoms with Crippen LogP contribution in [0.1, 0.15) is 37.9 Å². The first-order valence-electron chi connectivity index (χ1n) is 6.55. The highest BCUT2D eigenvalue weighted by Crippen LogP contribution is 2.18. The molecule has 0 aliphatic heterocycles. The maximum atomic E-state index is 4.53. The van der Waals surface area contributed by atoms with Gasteiger partial charge in [0.05, 0.1) is 5.52 Å². The number of pyridine rings is 1. The second-order valence-electron chi connectivity index (χ2n) is 5.03. The van der Waals surface area contributed by atoms with E-state index in [4.69, 9.17) is 0 Å². The summed E-state index contributed by atoms with van der Waals surface area (Å²) in [5.74, 6) is 0.821. The summed E-state index contributed by atoms with van der Waals surface area (Å²) < 4.78 is 0. The molecule has 0 saturated carbocycles. The zero-order valence-corrected chi connectivity index (χ0v) is 11.0. The van der Waals surface area contributed by atoms with Crippen molar-refractivity contribution in [3.63, 3.8) is 0 Å². The molecule has 2 aromatic rings. The third kappa shape index (κ3) is 3.06. The van der Waals surface area contributed by atoms with Crippen molar-refractivity contribution in [2.24, 2.45) is 5.92 Å². The van der Waals surface area contributed by atoms with Crippen LogP contribution < -0.4 is 0 Å². The second kappa shape index (κ2) is 5.31. The van der Waals surface area contributed by atoms with E-state index in [0.717, 1.165) is 17.1 Å². The maximum Gasteiger partial charge on any atom is 0.0705 e. The molecule has 1 heterocycles. The summed E-state index contributed by atoms with van der Waals surface area (Å²) >= 11 is 0. The Labute approximate surface area is 104 Å². The molecule has 0 saturated heterocycles. The Bertz CT molecular complexity index is 502.